The average Bonchev–Trinajstić information content (AvgIpc) is 3.21. The number of alkyl halides is 3. The molecule has 0 aliphatic heterocycles. The van der Waals surface area contributed by atoms with E-state index in [-0.39, 0.29) is 44.3 Å². The molecule has 0 aliphatic carbocycles. The summed E-state index contributed by atoms with van der Waals surface area (Å²) in [5.41, 5.74) is 0.0333. The maximum atomic E-state index is 15.5. The van der Waals surface area contributed by atoms with Gasteiger partial charge in [0.05, 0.1) is 11.8 Å². The van der Waals surface area contributed by atoms with E-state index in [1.165, 1.54) is 0 Å². The third kappa shape index (κ3) is 8.69. The number of rotatable bonds is 10. The lowest BCUT2D eigenvalue weighted by molar-refractivity contribution is -0.127. The highest BCUT2D eigenvalue weighted by molar-refractivity contribution is 14.1. The highest BCUT2D eigenvalue weighted by Gasteiger charge is 2.40. The van der Waals surface area contributed by atoms with Gasteiger partial charge in [-0.1, -0.05) is 48.5 Å². The monoisotopic (exact) mass is 753 g/mol. The summed E-state index contributed by atoms with van der Waals surface area (Å²) < 4.78 is 69.9. The normalized spacial score (nSPS) is 14.3. The maximum Gasteiger partial charge on any atom is 0.393 e. The number of benzene rings is 1. The van der Waals surface area contributed by atoms with Gasteiger partial charge in [-0.05, 0) is 82.5 Å². The van der Waals surface area contributed by atoms with Gasteiger partial charge in [-0.25, -0.2) is 14.4 Å². The van der Waals surface area contributed by atoms with Crippen LogP contribution in [0.5, 0.6) is 5.75 Å². The molecule has 2 heterocycles. The van der Waals surface area contributed by atoms with Gasteiger partial charge in [0, 0.05) is 18.7 Å². The van der Waals surface area contributed by atoms with Crippen molar-refractivity contribution in [1.29, 1.82) is 0 Å². The molecule has 1 atom stereocenters. The standard InChI is InChI=1S/C29H44F4IN5O2Si2/c1-17(16-40-42(8,9)27(2,3)4)15-35-25-22-23(34)38-39-26(22)37-24(36-25)19-13-20(30)21(12-18(19)14-29(31,32)33)41-43(10,11)28(5,6)7/h12-13,17H,14-16H2,1-11H3,(H2,35,36,37,38,39). The molecular formula is C29H44F4IN5O2Si2. The van der Waals surface area contributed by atoms with E-state index >= 15 is 4.39 Å². The topological polar surface area (TPSA) is 85.0 Å². The Morgan fingerprint density at radius 1 is 0.977 bits per heavy atom. The van der Waals surface area contributed by atoms with E-state index in [1.54, 1.807) is 0 Å². The quantitative estimate of drug-likeness (QED) is 0.122. The van der Waals surface area contributed by atoms with Crippen LogP contribution in [0.1, 0.15) is 54.0 Å². The number of nitrogens with zero attached hydrogens (tertiary/aromatic N) is 3. The molecule has 43 heavy (non-hydrogen) atoms. The van der Waals surface area contributed by atoms with Crippen molar-refractivity contribution in [2.45, 2.75) is 97.3 Å². The first-order valence-electron chi connectivity index (χ1n) is 14.3. The molecule has 14 heteroatoms. The van der Waals surface area contributed by atoms with Gasteiger partial charge in [0.1, 0.15) is 15.3 Å². The molecule has 0 saturated carbocycles. The van der Waals surface area contributed by atoms with Crippen LogP contribution in [-0.4, -0.2) is 56.1 Å². The lowest BCUT2D eigenvalue weighted by Gasteiger charge is -2.37. The summed E-state index contributed by atoms with van der Waals surface area (Å²) in [5, 5.41) is 10.8. The predicted octanol–water partition coefficient (Wildman–Crippen LogP) is 9.32. The van der Waals surface area contributed by atoms with E-state index in [0.717, 1.165) is 12.1 Å². The number of hydrogen-bond acceptors (Lipinski definition) is 6. The molecule has 0 amide bonds. The molecule has 2 N–H and O–H groups in total. The van der Waals surface area contributed by atoms with Gasteiger partial charge in [0.25, 0.3) is 8.32 Å². The predicted molar refractivity (Wildman–Crippen MR) is 178 cm³/mol. The largest absolute Gasteiger partial charge is 0.542 e. The minimum absolute atomic E-state index is 0.0555. The molecule has 0 saturated heterocycles. The second kappa shape index (κ2) is 12.5. The van der Waals surface area contributed by atoms with Gasteiger partial charge < -0.3 is 14.2 Å². The first-order valence-corrected chi connectivity index (χ1v) is 21.2. The molecule has 7 nitrogen and oxygen atoms in total. The van der Waals surface area contributed by atoms with Crippen molar-refractivity contribution in [2.24, 2.45) is 5.92 Å². The van der Waals surface area contributed by atoms with Crippen molar-refractivity contribution in [1.82, 2.24) is 20.2 Å². The van der Waals surface area contributed by atoms with Crippen molar-refractivity contribution < 1.29 is 26.4 Å². The number of anilines is 1. The van der Waals surface area contributed by atoms with Crippen molar-refractivity contribution in [2.75, 3.05) is 18.5 Å². The molecule has 0 aliphatic rings. The Hall–Kier alpha value is -1.79. The Morgan fingerprint density at radius 3 is 2.14 bits per heavy atom. The summed E-state index contributed by atoms with van der Waals surface area (Å²) in [6.07, 6.45) is -5.84. The summed E-state index contributed by atoms with van der Waals surface area (Å²) in [5.74, 6) is -0.509. The number of halogens is 5. The molecule has 0 bridgehead atoms. The van der Waals surface area contributed by atoms with Crippen molar-refractivity contribution in [3.8, 4) is 17.1 Å². The maximum absolute atomic E-state index is 15.5. The molecule has 1 aromatic carbocycles. The average molecular weight is 754 g/mol. The van der Waals surface area contributed by atoms with Gasteiger partial charge in [-0.2, -0.15) is 18.3 Å². The van der Waals surface area contributed by atoms with Crippen LogP contribution in [0.25, 0.3) is 22.4 Å². The Labute approximate surface area is 267 Å². The van der Waals surface area contributed by atoms with Crippen LogP contribution in [0.2, 0.25) is 36.3 Å². The smallest absolute Gasteiger partial charge is 0.393 e. The number of fused-ring (bicyclic) bond motifs is 1. The molecule has 0 fully saturated rings. The Morgan fingerprint density at radius 2 is 1.58 bits per heavy atom. The molecule has 0 spiro atoms. The second-order valence-corrected chi connectivity index (χ2v) is 24.9. The van der Waals surface area contributed by atoms with Crippen LogP contribution in [0.3, 0.4) is 0 Å². The first kappa shape index (κ1) is 35.7. The van der Waals surface area contributed by atoms with Gasteiger partial charge in [0.2, 0.25) is 0 Å². The third-order valence-electron chi connectivity index (χ3n) is 8.48. The molecule has 1 unspecified atom stereocenters. The number of H-pyrrole nitrogens is 1. The molecular weight excluding hydrogens is 709 g/mol. The number of aromatic nitrogens is 4. The minimum Gasteiger partial charge on any atom is -0.542 e. The highest BCUT2D eigenvalue weighted by Crippen LogP contribution is 2.41. The van der Waals surface area contributed by atoms with E-state index in [9.17, 15) is 13.2 Å². The zero-order chi connectivity index (χ0) is 32.8. The second-order valence-electron chi connectivity index (χ2n) is 14.3. The van der Waals surface area contributed by atoms with E-state index in [4.69, 9.17) is 8.85 Å². The Balaban J connectivity index is 2.02. The number of aromatic amines is 1. The van der Waals surface area contributed by atoms with E-state index in [0.29, 0.717) is 28.1 Å². The summed E-state index contributed by atoms with van der Waals surface area (Å²) in [6.45, 7) is 23.8. The fourth-order valence-corrected chi connectivity index (χ4v) is 6.47. The number of nitrogens with one attached hydrogen (secondary N) is 2. The lowest BCUT2D eigenvalue weighted by atomic mass is 10.0. The van der Waals surface area contributed by atoms with Crippen molar-refractivity contribution in [3.05, 3.63) is 27.2 Å². The van der Waals surface area contributed by atoms with Crippen LogP contribution in [0.15, 0.2) is 12.1 Å². The zero-order valence-electron chi connectivity index (χ0n) is 26.9. The van der Waals surface area contributed by atoms with Crippen LogP contribution in [-0.2, 0) is 10.8 Å². The van der Waals surface area contributed by atoms with Gasteiger partial charge in [0.15, 0.2) is 25.6 Å². The van der Waals surface area contributed by atoms with E-state index in [1.807, 2.05) is 33.9 Å². The molecule has 3 rings (SSSR count). The summed E-state index contributed by atoms with van der Waals surface area (Å²) in [4.78, 5) is 9.06. The first-order chi connectivity index (χ1) is 19.4. The van der Waals surface area contributed by atoms with Crippen LogP contribution < -0.4 is 9.74 Å². The fourth-order valence-electron chi connectivity index (χ4n) is 3.71. The van der Waals surface area contributed by atoms with Crippen molar-refractivity contribution >= 4 is 56.1 Å². The molecule has 0 radical (unpaired) electrons. The highest BCUT2D eigenvalue weighted by atomic mass is 127. The van der Waals surface area contributed by atoms with E-state index in [2.05, 4.69) is 88.9 Å². The molecule has 3 aromatic rings. The minimum atomic E-state index is -4.55. The van der Waals surface area contributed by atoms with Crippen LogP contribution in [0.4, 0.5) is 23.4 Å². The summed E-state index contributed by atoms with van der Waals surface area (Å²) in [6, 6.07) is 2.19. The van der Waals surface area contributed by atoms with Gasteiger partial charge >= 0.3 is 6.18 Å². The SMILES string of the molecule is CC(CNc1nc(-c2cc(F)c(O[Si](C)(C)C(C)(C)C)cc2CC(F)(F)F)nc2n[nH]c(I)c12)CO[Si](C)(C)C(C)(C)C. The fraction of sp³-hybridized carbons (Fsp3) is 0.621. The van der Waals surface area contributed by atoms with Crippen LogP contribution >= 0.6 is 22.6 Å². The zero-order valence-corrected chi connectivity index (χ0v) is 31.1. The third-order valence-corrected chi connectivity index (χ3v) is 18.1. The number of hydrogen-bond donors (Lipinski definition) is 2. The Bertz CT molecular complexity index is 1450. The lowest BCUT2D eigenvalue weighted by Crippen LogP contribution is -2.44. The van der Waals surface area contributed by atoms with Gasteiger partial charge in [-0.15, -0.1) is 0 Å². The Kier molecular flexibility index (Phi) is 10.4. The van der Waals surface area contributed by atoms with Crippen LogP contribution in [0, 0.1) is 15.4 Å². The van der Waals surface area contributed by atoms with E-state index < -0.39 is 35.0 Å². The van der Waals surface area contributed by atoms with Gasteiger partial charge in [-0.3, -0.25) is 5.10 Å². The molecule has 240 valence electrons. The summed E-state index contributed by atoms with van der Waals surface area (Å²) >= 11 is 2.07. The molecule has 2 aromatic heterocycles. The summed E-state index contributed by atoms with van der Waals surface area (Å²) in [7, 11) is -4.47. The van der Waals surface area contributed by atoms with Crippen molar-refractivity contribution in [3.63, 3.8) is 0 Å².